The van der Waals surface area contributed by atoms with Crippen LogP contribution in [0.15, 0.2) is 66.7 Å². The highest BCUT2D eigenvalue weighted by molar-refractivity contribution is 6.04. The summed E-state index contributed by atoms with van der Waals surface area (Å²) < 4.78 is 16.2. The van der Waals surface area contributed by atoms with Crippen LogP contribution in [0.25, 0.3) is 0 Å². The van der Waals surface area contributed by atoms with Crippen molar-refractivity contribution in [3.05, 3.63) is 83.4 Å². The van der Waals surface area contributed by atoms with Gasteiger partial charge in [0.1, 0.15) is 17.2 Å². The Bertz CT molecular complexity index is 1040. The minimum absolute atomic E-state index is 0.231. The summed E-state index contributed by atoms with van der Waals surface area (Å²) in [5.74, 6) is 1.12. The second kappa shape index (κ2) is 10.3. The number of amides is 1. The molecule has 6 nitrogen and oxygen atoms in total. The minimum Gasteiger partial charge on any atom is -0.494 e. The van der Waals surface area contributed by atoms with E-state index in [0.717, 1.165) is 5.56 Å². The van der Waals surface area contributed by atoms with Gasteiger partial charge < -0.3 is 19.5 Å². The molecule has 3 aromatic rings. The number of nitrogens with one attached hydrogen (secondary N) is 1. The van der Waals surface area contributed by atoms with E-state index in [-0.39, 0.29) is 5.91 Å². The number of carbonyl (C=O) groups is 2. The summed E-state index contributed by atoms with van der Waals surface area (Å²) in [6.45, 7) is 6.77. The summed E-state index contributed by atoms with van der Waals surface area (Å²) in [5, 5.41) is 2.87. The van der Waals surface area contributed by atoms with E-state index in [4.69, 9.17) is 14.2 Å². The monoisotopic (exact) mass is 419 g/mol. The summed E-state index contributed by atoms with van der Waals surface area (Å²) in [6.07, 6.45) is 0. The van der Waals surface area contributed by atoms with E-state index in [2.05, 4.69) is 5.32 Å². The van der Waals surface area contributed by atoms with Crippen LogP contribution in [0.5, 0.6) is 17.2 Å². The molecule has 160 valence electrons. The molecule has 0 aliphatic rings. The van der Waals surface area contributed by atoms with E-state index in [1.54, 1.807) is 66.7 Å². The Kier molecular flexibility index (Phi) is 7.27. The molecule has 0 aromatic heterocycles. The first-order valence-corrected chi connectivity index (χ1v) is 10.1. The largest absolute Gasteiger partial charge is 0.494 e. The van der Waals surface area contributed by atoms with E-state index in [1.165, 1.54) is 0 Å². The maximum absolute atomic E-state index is 12.5. The van der Waals surface area contributed by atoms with Crippen molar-refractivity contribution in [3.63, 3.8) is 0 Å². The molecule has 0 saturated carbocycles. The zero-order chi connectivity index (χ0) is 22.2. The van der Waals surface area contributed by atoms with Crippen LogP contribution in [0, 0.1) is 6.92 Å². The van der Waals surface area contributed by atoms with Gasteiger partial charge in [-0.15, -0.1) is 0 Å². The zero-order valence-electron chi connectivity index (χ0n) is 17.8. The normalized spacial score (nSPS) is 10.3. The van der Waals surface area contributed by atoms with Crippen molar-refractivity contribution in [2.45, 2.75) is 20.8 Å². The summed E-state index contributed by atoms with van der Waals surface area (Å²) in [6, 6.07) is 18.8. The Morgan fingerprint density at radius 2 is 1.26 bits per heavy atom. The zero-order valence-corrected chi connectivity index (χ0v) is 17.8. The number of anilines is 1. The number of aryl methyl sites for hydroxylation is 1. The minimum atomic E-state index is -0.464. The second-order valence-corrected chi connectivity index (χ2v) is 6.74. The van der Waals surface area contributed by atoms with Gasteiger partial charge in [0, 0.05) is 11.3 Å². The second-order valence-electron chi connectivity index (χ2n) is 6.74. The van der Waals surface area contributed by atoms with Crippen LogP contribution in [0.4, 0.5) is 5.69 Å². The average Bonchev–Trinajstić information content (AvgIpc) is 2.77. The lowest BCUT2D eigenvalue weighted by atomic mass is 10.1. The Hall–Kier alpha value is -3.80. The fourth-order valence-electron chi connectivity index (χ4n) is 2.92. The van der Waals surface area contributed by atoms with Crippen molar-refractivity contribution >= 4 is 17.6 Å². The molecular weight excluding hydrogens is 394 g/mol. The summed E-state index contributed by atoms with van der Waals surface area (Å²) >= 11 is 0. The van der Waals surface area contributed by atoms with Gasteiger partial charge in [0.25, 0.3) is 5.91 Å². The number of esters is 1. The van der Waals surface area contributed by atoms with Crippen LogP contribution in [0.3, 0.4) is 0 Å². The number of ether oxygens (including phenoxy) is 3. The fraction of sp³-hybridized carbons (Fsp3) is 0.200. The lowest BCUT2D eigenvalue weighted by Crippen LogP contribution is -2.13. The molecule has 0 saturated heterocycles. The van der Waals surface area contributed by atoms with Gasteiger partial charge in [-0.05, 0) is 93.1 Å². The third kappa shape index (κ3) is 5.85. The molecule has 0 unspecified atom stereocenters. The van der Waals surface area contributed by atoms with E-state index >= 15 is 0 Å². The van der Waals surface area contributed by atoms with Crippen LogP contribution in [0.1, 0.15) is 40.1 Å². The van der Waals surface area contributed by atoms with Crippen LogP contribution >= 0.6 is 0 Å². The Labute approximate surface area is 181 Å². The third-order valence-electron chi connectivity index (χ3n) is 4.49. The van der Waals surface area contributed by atoms with E-state index in [0.29, 0.717) is 47.3 Å². The lowest BCUT2D eigenvalue weighted by molar-refractivity contribution is 0.0734. The molecule has 1 amide bonds. The van der Waals surface area contributed by atoms with Crippen LogP contribution in [0.2, 0.25) is 0 Å². The smallest absolute Gasteiger partial charge is 0.343 e. The van der Waals surface area contributed by atoms with Gasteiger partial charge >= 0.3 is 5.97 Å². The van der Waals surface area contributed by atoms with Crippen LogP contribution < -0.4 is 19.5 Å². The maximum Gasteiger partial charge on any atom is 0.343 e. The maximum atomic E-state index is 12.5. The van der Waals surface area contributed by atoms with Crippen molar-refractivity contribution < 1.29 is 23.8 Å². The van der Waals surface area contributed by atoms with Crippen molar-refractivity contribution in [3.8, 4) is 17.2 Å². The van der Waals surface area contributed by atoms with Crippen molar-refractivity contribution in [2.24, 2.45) is 0 Å². The van der Waals surface area contributed by atoms with Gasteiger partial charge in [-0.3, -0.25) is 4.79 Å². The van der Waals surface area contributed by atoms with Gasteiger partial charge in [0.2, 0.25) is 0 Å². The SMILES string of the molecule is CCOc1ccc(C(=O)Nc2ccc(OC(=O)c3ccc(OCC)cc3)cc2C)cc1. The van der Waals surface area contributed by atoms with Crippen molar-refractivity contribution in [1.82, 2.24) is 0 Å². The molecular formula is C25H25NO5. The quantitative estimate of drug-likeness (QED) is 0.398. The Balaban J connectivity index is 1.63. The van der Waals surface area contributed by atoms with Crippen LogP contribution in [-0.4, -0.2) is 25.1 Å². The third-order valence-corrected chi connectivity index (χ3v) is 4.49. The molecule has 0 radical (unpaired) electrons. The molecule has 3 aromatic carbocycles. The summed E-state index contributed by atoms with van der Waals surface area (Å²) in [5.41, 5.74) is 2.36. The molecule has 0 aliphatic carbocycles. The Morgan fingerprint density at radius 3 is 1.77 bits per heavy atom. The standard InChI is InChI=1S/C25H25NO5/c1-4-29-20-10-6-18(7-11-20)24(27)26-23-15-14-22(16-17(23)3)31-25(28)19-8-12-21(13-9-19)30-5-2/h6-16H,4-5H2,1-3H3,(H,26,27). The number of hydrogen-bond acceptors (Lipinski definition) is 5. The molecule has 1 N–H and O–H groups in total. The molecule has 0 fully saturated rings. The van der Waals surface area contributed by atoms with Gasteiger partial charge in [-0.1, -0.05) is 0 Å². The van der Waals surface area contributed by atoms with E-state index in [9.17, 15) is 9.59 Å². The predicted molar refractivity (Wildman–Crippen MR) is 119 cm³/mol. The van der Waals surface area contributed by atoms with Gasteiger partial charge in [-0.2, -0.15) is 0 Å². The predicted octanol–water partition coefficient (Wildman–Crippen LogP) is 5.26. The van der Waals surface area contributed by atoms with Gasteiger partial charge in [-0.25, -0.2) is 4.79 Å². The van der Waals surface area contributed by atoms with Gasteiger partial charge in [0.15, 0.2) is 0 Å². The number of benzene rings is 3. The first kappa shape index (κ1) is 21.9. The molecule has 0 atom stereocenters. The highest BCUT2D eigenvalue weighted by Gasteiger charge is 2.12. The molecule has 0 heterocycles. The number of carbonyl (C=O) groups excluding carboxylic acids is 2. The summed E-state index contributed by atoms with van der Waals surface area (Å²) in [4.78, 5) is 24.9. The highest BCUT2D eigenvalue weighted by atomic mass is 16.5. The topological polar surface area (TPSA) is 73.9 Å². The molecule has 6 heteroatoms. The number of hydrogen-bond donors (Lipinski definition) is 1. The highest BCUT2D eigenvalue weighted by Crippen LogP contribution is 2.23. The molecule has 0 aliphatic heterocycles. The molecule has 0 spiro atoms. The summed E-state index contributed by atoms with van der Waals surface area (Å²) in [7, 11) is 0. The van der Waals surface area contributed by atoms with Gasteiger partial charge in [0.05, 0.1) is 18.8 Å². The molecule has 3 rings (SSSR count). The van der Waals surface area contributed by atoms with Crippen molar-refractivity contribution in [2.75, 3.05) is 18.5 Å². The lowest BCUT2D eigenvalue weighted by Gasteiger charge is -2.11. The van der Waals surface area contributed by atoms with E-state index < -0.39 is 5.97 Å². The van der Waals surface area contributed by atoms with Crippen molar-refractivity contribution in [1.29, 1.82) is 0 Å². The first-order valence-electron chi connectivity index (χ1n) is 10.1. The van der Waals surface area contributed by atoms with E-state index in [1.807, 2.05) is 20.8 Å². The fourth-order valence-corrected chi connectivity index (χ4v) is 2.92. The Morgan fingerprint density at radius 1 is 0.742 bits per heavy atom. The molecule has 31 heavy (non-hydrogen) atoms. The van der Waals surface area contributed by atoms with Crippen LogP contribution in [-0.2, 0) is 0 Å². The first-order chi connectivity index (χ1) is 15.0. The number of rotatable bonds is 8. The molecule has 0 bridgehead atoms. The average molecular weight is 419 g/mol.